The van der Waals surface area contributed by atoms with Gasteiger partial charge in [-0.15, -0.1) is 5.10 Å². The third kappa shape index (κ3) is 3.88. The number of methoxy groups -OCH3 is 1. The third-order valence-electron chi connectivity index (χ3n) is 6.05. The molecule has 28 heavy (non-hydrogen) atoms. The molecular formula is C20H28N6O2. The molecule has 1 unspecified atom stereocenters. The number of fused-ring (bicyclic) bond motifs is 3. The minimum Gasteiger partial charge on any atom is -0.496 e. The molecule has 0 radical (unpaired) electrons. The summed E-state index contributed by atoms with van der Waals surface area (Å²) in [6, 6.07) is 8.20. The van der Waals surface area contributed by atoms with Crippen molar-refractivity contribution < 1.29 is 9.53 Å². The number of nitrogens with one attached hydrogen (secondary N) is 1. The molecule has 0 spiro atoms. The lowest BCUT2D eigenvalue weighted by molar-refractivity contribution is -0.133. The van der Waals surface area contributed by atoms with Crippen LogP contribution < -0.4 is 15.8 Å². The largest absolute Gasteiger partial charge is 0.496 e. The van der Waals surface area contributed by atoms with Gasteiger partial charge < -0.3 is 15.8 Å². The van der Waals surface area contributed by atoms with Crippen molar-refractivity contribution in [2.24, 2.45) is 17.6 Å². The molecule has 8 heteroatoms. The van der Waals surface area contributed by atoms with Crippen LogP contribution in [-0.2, 0) is 24.4 Å². The summed E-state index contributed by atoms with van der Waals surface area (Å²) in [6.45, 7) is 3.57. The molecule has 1 amide bonds. The van der Waals surface area contributed by atoms with E-state index in [9.17, 15) is 4.79 Å². The Morgan fingerprint density at radius 2 is 2.25 bits per heavy atom. The predicted octanol–water partition coefficient (Wildman–Crippen LogP) is 0.772. The van der Waals surface area contributed by atoms with Gasteiger partial charge in [-0.3, -0.25) is 14.4 Å². The molecule has 8 nitrogen and oxygen atoms in total. The molecule has 4 heterocycles. The van der Waals surface area contributed by atoms with E-state index in [0.717, 1.165) is 49.5 Å². The van der Waals surface area contributed by atoms with E-state index < -0.39 is 0 Å². The number of piperidine rings is 3. The fourth-order valence-electron chi connectivity index (χ4n) is 4.52. The summed E-state index contributed by atoms with van der Waals surface area (Å²) in [5.74, 6) is 1.42. The molecule has 5 rings (SSSR count). The first kappa shape index (κ1) is 18.9. The average Bonchev–Trinajstić information content (AvgIpc) is 3.20. The number of carbonyl (C=O) groups is 1. The number of carbonyl (C=O) groups excluding carboxylic acids is 1. The number of hydrogen-bond donors (Lipinski definition) is 2. The highest BCUT2D eigenvalue weighted by molar-refractivity contribution is 5.79. The summed E-state index contributed by atoms with van der Waals surface area (Å²) in [5, 5.41) is 11.4. The highest BCUT2D eigenvalue weighted by Crippen LogP contribution is 2.37. The van der Waals surface area contributed by atoms with E-state index >= 15 is 0 Å². The Balaban J connectivity index is 1.34. The van der Waals surface area contributed by atoms with Gasteiger partial charge >= 0.3 is 0 Å². The Bertz CT molecular complexity index is 823. The Hall–Kier alpha value is -2.45. The van der Waals surface area contributed by atoms with Crippen molar-refractivity contribution in [2.45, 2.75) is 38.5 Å². The van der Waals surface area contributed by atoms with Gasteiger partial charge in [-0.2, -0.15) is 0 Å². The van der Waals surface area contributed by atoms with Crippen LogP contribution in [0.3, 0.4) is 0 Å². The van der Waals surface area contributed by atoms with Crippen LogP contribution in [0.1, 0.15) is 24.1 Å². The molecule has 150 valence electrons. The lowest BCUT2D eigenvalue weighted by Gasteiger charge is -2.49. The van der Waals surface area contributed by atoms with Gasteiger partial charge in [0.2, 0.25) is 5.91 Å². The maximum atomic E-state index is 12.8. The van der Waals surface area contributed by atoms with Gasteiger partial charge in [-0.05, 0) is 31.4 Å². The maximum absolute atomic E-state index is 12.8. The Morgan fingerprint density at radius 1 is 1.39 bits per heavy atom. The molecule has 3 saturated heterocycles. The van der Waals surface area contributed by atoms with Crippen LogP contribution in [0, 0.1) is 11.8 Å². The highest BCUT2D eigenvalue weighted by Gasteiger charge is 2.43. The van der Waals surface area contributed by atoms with E-state index in [0.29, 0.717) is 25.0 Å². The van der Waals surface area contributed by atoms with Crippen molar-refractivity contribution in [2.75, 3.05) is 20.2 Å². The summed E-state index contributed by atoms with van der Waals surface area (Å²) < 4.78 is 7.25. The summed E-state index contributed by atoms with van der Waals surface area (Å²) >= 11 is 0. The maximum Gasteiger partial charge on any atom is 0.224 e. The summed E-state index contributed by atoms with van der Waals surface area (Å²) in [6.07, 6.45) is 4.01. The summed E-state index contributed by atoms with van der Waals surface area (Å²) in [4.78, 5) is 15.3. The van der Waals surface area contributed by atoms with Crippen molar-refractivity contribution in [1.29, 1.82) is 0 Å². The van der Waals surface area contributed by atoms with Crippen molar-refractivity contribution >= 4 is 5.91 Å². The zero-order valence-corrected chi connectivity index (χ0v) is 16.3. The molecule has 0 aliphatic carbocycles. The zero-order valence-electron chi connectivity index (χ0n) is 16.3. The van der Waals surface area contributed by atoms with Crippen LogP contribution in [0.5, 0.6) is 5.75 Å². The first-order valence-corrected chi connectivity index (χ1v) is 9.90. The standard InChI is InChI=1S/C20H28N6O2/c1-28-19-5-3-2-4-15(19)10-22-20(27)18-13-25-7-6-14(18)8-17(25)12-26-11-16(9-21)23-24-26/h2-5,11,14,17-18H,6-10,12-13,21H2,1H3,(H,22,27)/t14-,17-,18+/m1/s1. The number of rotatable bonds is 7. The predicted molar refractivity (Wildman–Crippen MR) is 104 cm³/mol. The highest BCUT2D eigenvalue weighted by atomic mass is 16.5. The molecule has 1 aromatic heterocycles. The monoisotopic (exact) mass is 384 g/mol. The van der Waals surface area contributed by atoms with E-state index in [4.69, 9.17) is 10.5 Å². The van der Waals surface area contributed by atoms with Gasteiger partial charge in [0.25, 0.3) is 0 Å². The van der Waals surface area contributed by atoms with Gasteiger partial charge in [0.05, 0.1) is 25.3 Å². The molecule has 1 aromatic carbocycles. The second-order valence-electron chi connectivity index (χ2n) is 7.71. The molecule has 0 saturated carbocycles. The Labute approximate surface area is 165 Å². The molecule has 3 aliphatic rings. The smallest absolute Gasteiger partial charge is 0.224 e. The number of nitrogens with zero attached hydrogens (tertiary/aromatic N) is 4. The van der Waals surface area contributed by atoms with Gasteiger partial charge in [-0.1, -0.05) is 23.4 Å². The van der Waals surface area contributed by atoms with Gasteiger partial charge in [-0.25, -0.2) is 0 Å². The van der Waals surface area contributed by atoms with E-state index in [1.807, 2.05) is 35.1 Å². The molecule has 3 N–H and O–H groups in total. The number of benzene rings is 1. The lowest BCUT2D eigenvalue weighted by atomic mass is 9.75. The summed E-state index contributed by atoms with van der Waals surface area (Å²) in [7, 11) is 1.65. The molecule has 2 aromatic rings. The Morgan fingerprint density at radius 3 is 2.96 bits per heavy atom. The fourth-order valence-corrected chi connectivity index (χ4v) is 4.52. The van der Waals surface area contributed by atoms with E-state index in [1.165, 1.54) is 0 Å². The van der Waals surface area contributed by atoms with Gasteiger partial charge in [0.15, 0.2) is 0 Å². The SMILES string of the molecule is COc1ccccc1CNC(=O)[C@H]1CN2CC[C@@H]1C[C@@H]2Cn1cc(CN)nn1. The Kier molecular flexibility index (Phi) is 5.59. The lowest BCUT2D eigenvalue weighted by Crippen LogP contribution is -2.58. The molecule has 4 atom stereocenters. The van der Waals surface area contributed by atoms with Crippen molar-refractivity contribution in [1.82, 2.24) is 25.2 Å². The third-order valence-corrected chi connectivity index (χ3v) is 6.05. The number of amides is 1. The van der Waals surface area contributed by atoms with Crippen molar-refractivity contribution in [3.63, 3.8) is 0 Å². The molecular weight excluding hydrogens is 356 g/mol. The second-order valence-corrected chi connectivity index (χ2v) is 7.71. The topological polar surface area (TPSA) is 98.3 Å². The number of ether oxygens (including phenoxy) is 1. The number of nitrogens with two attached hydrogens (primary N) is 1. The minimum absolute atomic E-state index is 0.0510. The normalized spacial score (nSPS) is 26.2. The van der Waals surface area contributed by atoms with E-state index in [2.05, 4.69) is 20.5 Å². The zero-order chi connectivity index (χ0) is 19.5. The number of para-hydroxylation sites is 1. The van der Waals surface area contributed by atoms with E-state index in [-0.39, 0.29) is 11.8 Å². The van der Waals surface area contributed by atoms with Crippen LogP contribution in [0.2, 0.25) is 0 Å². The van der Waals surface area contributed by atoms with Crippen LogP contribution in [-0.4, -0.2) is 52.0 Å². The van der Waals surface area contributed by atoms with Gasteiger partial charge in [0, 0.05) is 37.4 Å². The van der Waals surface area contributed by atoms with Gasteiger partial charge in [0.1, 0.15) is 5.75 Å². The number of aromatic nitrogens is 3. The average molecular weight is 384 g/mol. The van der Waals surface area contributed by atoms with Crippen LogP contribution >= 0.6 is 0 Å². The van der Waals surface area contributed by atoms with Crippen molar-refractivity contribution in [3.05, 3.63) is 41.7 Å². The number of hydrogen-bond acceptors (Lipinski definition) is 6. The molecule has 2 bridgehead atoms. The minimum atomic E-state index is 0.0510. The molecule has 3 aliphatic heterocycles. The first-order chi connectivity index (χ1) is 13.7. The fraction of sp³-hybridized carbons (Fsp3) is 0.550. The van der Waals surface area contributed by atoms with Crippen molar-refractivity contribution in [3.8, 4) is 5.75 Å². The quantitative estimate of drug-likeness (QED) is 0.732. The van der Waals surface area contributed by atoms with Crippen LogP contribution in [0.4, 0.5) is 0 Å². The van der Waals surface area contributed by atoms with Crippen LogP contribution in [0.15, 0.2) is 30.5 Å². The van der Waals surface area contributed by atoms with Crippen LogP contribution in [0.25, 0.3) is 0 Å². The summed E-state index contributed by atoms with van der Waals surface area (Å²) in [5.41, 5.74) is 7.43. The first-order valence-electron chi connectivity index (χ1n) is 9.90. The molecule has 3 fully saturated rings. The van der Waals surface area contributed by atoms with E-state index in [1.54, 1.807) is 7.11 Å². The second kappa shape index (κ2) is 8.28.